The monoisotopic (exact) mass is 494 g/mol. The fourth-order valence-corrected chi connectivity index (χ4v) is 5.31. The number of anilines is 1. The molecule has 0 spiro atoms. The molecule has 4 aromatic carbocycles. The molecule has 0 saturated carbocycles. The zero-order chi connectivity index (χ0) is 25.1. The van der Waals surface area contributed by atoms with E-state index in [0.717, 1.165) is 27.6 Å². The van der Waals surface area contributed by atoms with Crippen LogP contribution in [0.3, 0.4) is 0 Å². The third kappa shape index (κ3) is 4.68. The molecule has 180 valence electrons. The summed E-state index contributed by atoms with van der Waals surface area (Å²) in [6, 6.07) is 34.9. The van der Waals surface area contributed by atoms with Crippen molar-refractivity contribution in [1.82, 2.24) is 4.98 Å². The number of sulfonamides is 1. The molecule has 36 heavy (non-hydrogen) atoms. The molecule has 0 aliphatic heterocycles. The van der Waals surface area contributed by atoms with Crippen LogP contribution in [-0.2, 0) is 16.6 Å². The second kappa shape index (κ2) is 9.84. The Hall–Kier alpha value is -4.16. The molecule has 0 fully saturated rings. The summed E-state index contributed by atoms with van der Waals surface area (Å²) in [6.45, 7) is 0.193. The molecule has 0 aliphatic carbocycles. The molecule has 0 N–H and O–H groups in total. The molecule has 5 rings (SSSR count). The van der Waals surface area contributed by atoms with Crippen molar-refractivity contribution in [2.24, 2.45) is 0 Å². The predicted octanol–water partition coefficient (Wildman–Crippen LogP) is 6.54. The van der Waals surface area contributed by atoms with Crippen LogP contribution >= 0.6 is 0 Å². The summed E-state index contributed by atoms with van der Waals surface area (Å²) in [5, 5.41) is 0.732. The number of benzene rings is 4. The molecule has 0 atom stereocenters. The summed E-state index contributed by atoms with van der Waals surface area (Å²) in [5.41, 5.74) is 5.40. The number of fused-ring (bicyclic) bond motifs is 1. The van der Waals surface area contributed by atoms with Gasteiger partial charge in [0.2, 0.25) is 10.0 Å². The van der Waals surface area contributed by atoms with Crippen molar-refractivity contribution in [1.29, 1.82) is 0 Å². The largest absolute Gasteiger partial charge is 0.497 e. The Balaban J connectivity index is 1.92. The average molecular weight is 495 g/mol. The Kier molecular flexibility index (Phi) is 6.44. The first-order valence-electron chi connectivity index (χ1n) is 11.6. The van der Waals surface area contributed by atoms with E-state index in [2.05, 4.69) is 0 Å². The minimum Gasteiger partial charge on any atom is -0.497 e. The van der Waals surface area contributed by atoms with E-state index in [1.165, 1.54) is 10.6 Å². The normalized spacial score (nSPS) is 11.4. The van der Waals surface area contributed by atoms with Gasteiger partial charge in [-0.2, -0.15) is 0 Å². The number of methoxy groups -OCH3 is 1. The smallest absolute Gasteiger partial charge is 0.232 e. The minimum atomic E-state index is -3.68. The Morgan fingerprint density at radius 1 is 0.778 bits per heavy atom. The van der Waals surface area contributed by atoms with Crippen molar-refractivity contribution in [3.8, 4) is 28.1 Å². The van der Waals surface area contributed by atoms with Gasteiger partial charge < -0.3 is 4.74 Å². The number of nitrogens with zero attached hydrogens (tertiary/aromatic N) is 2. The van der Waals surface area contributed by atoms with Gasteiger partial charge in [0.15, 0.2) is 0 Å². The Morgan fingerprint density at radius 2 is 1.36 bits per heavy atom. The number of hydrogen-bond donors (Lipinski definition) is 0. The molecule has 0 saturated heterocycles. The first-order valence-corrected chi connectivity index (χ1v) is 13.4. The van der Waals surface area contributed by atoms with Gasteiger partial charge >= 0.3 is 0 Å². The molecule has 0 bridgehead atoms. The van der Waals surface area contributed by atoms with E-state index in [1.54, 1.807) is 7.11 Å². The van der Waals surface area contributed by atoms with Gasteiger partial charge in [-0.15, -0.1) is 0 Å². The van der Waals surface area contributed by atoms with Crippen LogP contribution < -0.4 is 9.04 Å². The van der Waals surface area contributed by atoms with E-state index < -0.39 is 10.0 Å². The van der Waals surface area contributed by atoms with E-state index in [0.29, 0.717) is 22.6 Å². The fourth-order valence-electron chi connectivity index (χ4n) is 4.41. The summed E-state index contributed by atoms with van der Waals surface area (Å²) in [7, 11) is -2.07. The number of rotatable bonds is 7. The van der Waals surface area contributed by atoms with Crippen LogP contribution in [-0.4, -0.2) is 26.8 Å². The molecule has 1 heterocycles. The molecule has 5 aromatic rings. The maximum Gasteiger partial charge on any atom is 0.232 e. The number of ether oxygens (including phenoxy) is 1. The van der Waals surface area contributed by atoms with Crippen LogP contribution in [0, 0.1) is 0 Å². The second-order valence-corrected chi connectivity index (χ2v) is 10.5. The third-order valence-corrected chi connectivity index (χ3v) is 7.21. The van der Waals surface area contributed by atoms with Crippen LogP contribution in [0.15, 0.2) is 109 Å². The van der Waals surface area contributed by atoms with Crippen LogP contribution in [0.4, 0.5) is 5.69 Å². The predicted molar refractivity (Wildman–Crippen MR) is 147 cm³/mol. The number of aromatic nitrogens is 1. The van der Waals surface area contributed by atoms with E-state index in [4.69, 9.17) is 9.72 Å². The molecule has 6 heteroatoms. The zero-order valence-electron chi connectivity index (χ0n) is 20.1. The summed E-state index contributed by atoms with van der Waals surface area (Å²) >= 11 is 0. The second-order valence-electron chi connectivity index (χ2n) is 8.55. The average Bonchev–Trinajstić information content (AvgIpc) is 2.91. The highest BCUT2D eigenvalue weighted by atomic mass is 32.2. The lowest BCUT2D eigenvalue weighted by Crippen LogP contribution is -2.30. The standard InChI is InChI=1S/C30H26N2O3S/c1-35-25-18-19-26-27(20-25)31-29(24-16-10-5-11-17-24)28(23-14-8-4-9-15-23)30(26)32(36(2,33)34)21-22-12-6-3-7-13-22/h3-20H,21H2,1-2H3. The van der Waals surface area contributed by atoms with Crippen LogP contribution in [0.1, 0.15) is 5.56 Å². The van der Waals surface area contributed by atoms with Crippen molar-refractivity contribution in [3.05, 3.63) is 115 Å². The summed E-state index contributed by atoms with van der Waals surface area (Å²) < 4.78 is 33.8. The molecule has 0 unspecified atom stereocenters. The van der Waals surface area contributed by atoms with E-state index in [-0.39, 0.29) is 6.54 Å². The first-order chi connectivity index (χ1) is 17.5. The van der Waals surface area contributed by atoms with Crippen molar-refractivity contribution in [3.63, 3.8) is 0 Å². The molecule has 0 radical (unpaired) electrons. The van der Waals surface area contributed by atoms with Gasteiger partial charge in [-0.1, -0.05) is 91.0 Å². The van der Waals surface area contributed by atoms with Gasteiger partial charge in [-0.25, -0.2) is 13.4 Å². The van der Waals surface area contributed by atoms with Crippen molar-refractivity contribution in [2.45, 2.75) is 6.54 Å². The summed E-state index contributed by atoms with van der Waals surface area (Å²) in [4.78, 5) is 5.06. The first kappa shape index (κ1) is 23.6. The molecular weight excluding hydrogens is 468 g/mol. The topological polar surface area (TPSA) is 59.5 Å². The maximum atomic E-state index is 13.4. The van der Waals surface area contributed by atoms with E-state index >= 15 is 0 Å². The van der Waals surface area contributed by atoms with Gasteiger partial charge in [0.05, 0.1) is 36.8 Å². The molecule has 5 nitrogen and oxygen atoms in total. The Labute approximate surface area is 211 Å². The minimum absolute atomic E-state index is 0.193. The van der Waals surface area contributed by atoms with Gasteiger partial charge in [-0.3, -0.25) is 4.31 Å². The van der Waals surface area contributed by atoms with Crippen LogP contribution in [0.2, 0.25) is 0 Å². The molecule has 0 amide bonds. The Bertz CT molecular complexity index is 1600. The summed E-state index contributed by atoms with van der Waals surface area (Å²) in [5.74, 6) is 0.654. The molecule has 1 aromatic heterocycles. The number of hydrogen-bond acceptors (Lipinski definition) is 4. The highest BCUT2D eigenvalue weighted by Crippen LogP contribution is 2.44. The van der Waals surface area contributed by atoms with Crippen LogP contribution in [0.5, 0.6) is 5.75 Å². The van der Waals surface area contributed by atoms with Crippen LogP contribution in [0.25, 0.3) is 33.3 Å². The SMILES string of the molecule is COc1ccc2c(N(Cc3ccccc3)S(C)(=O)=O)c(-c3ccccc3)c(-c3ccccc3)nc2c1. The highest BCUT2D eigenvalue weighted by Gasteiger charge is 2.27. The van der Waals surface area contributed by atoms with Gasteiger partial charge in [0, 0.05) is 22.6 Å². The lowest BCUT2D eigenvalue weighted by atomic mass is 9.94. The lowest BCUT2D eigenvalue weighted by Gasteiger charge is -2.28. The fraction of sp³-hybridized carbons (Fsp3) is 0.100. The lowest BCUT2D eigenvalue weighted by molar-refractivity contribution is 0.415. The third-order valence-electron chi connectivity index (χ3n) is 6.09. The highest BCUT2D eigenvalue weighted by molar-refractivity contribution is 7.92. The molecular formula is C30H26N2O3S. The quantitative estimate of drug-likeness (QED) is 0.258. The van der Waals surface area contributed by atoms with Gasteiger partial charge in [0.25, 0.3) is 0 Å². The maximum absolute atomic E-state index is 13.4. The zero-order valence-corrected chi connectivity index (χ0v) is 20.9. The van der Waals surface area contributed by atoms with Crippen molar-refractivity contribution in [2.75, 3.05) is 17.7 Å². The van der Waals surface area contributed by atoms with Crippen molar-refractivity contribution < 1.29 is 13.2 Å². The Morgan fingerprint density at radius 3 is 1.94 bits per heavy atom. The number of pyridine rings is 1. The van der Waals surface area contributed by atoms with E-state index in [1.807, 2.05) is 109 Å². The van der Waals surface area contributed by atoms with Crippen molar-refractivity contribution >= 4 is 26.6 Å². The molecule has 0 aliphatic rings. The summed E-state index contributed by atoms with van der Waals surface area (Å²) in [6.07, 6.45) is 1.25. The van der Waals surface area contributed by atoms with Gasteiger partial charge in [0.1, 0.15) is 5.75 Å². The van der Waals surface area contributed by atoms with Gasteiger partial charge in [-0.05, 0) is 23.3 Å². The van der Waals surface area contributed by atoms with E-state index in [9.17, 15) is 8.42 Å².